The van der Waals surface area contributed by atoms with Gasteiger partial charge < -0.3 is 14.5 Å². The molecule has 7 nitrogen and oxygen atoms in total. The maximum atomic E-state index is 12.7. The average molecular weight is 406 g/mol. The minimum atomic E-state index is -0.0995. The highest BCUT2D eigenvalue weighted by molar-refractivity contribution is 5.80. The summed E-state index contributed by atoms with van der Waals surface area (Å²) in [5.41, 5.74) is 2.65. The number of carbonyl (C=O) groups excluding carboxylic acids is 1. The highest BCUT2D eigenvalue weighted by Crippen LogP contribution is 2.28. The molecule has 0 atom stereocenters. The number of carbonyl (C=O) groups is 1. The van der Waals surface area contributed by atoms with Crippen molar-refractivity contribution in [2.75, 3.05) is 38.2 Å². The maximum absolute atomic E-state index is 12.7. The third kappa shape index (κ3) is 3.87. The predicted molar refractivity (Wildman–Crippen MR) is 117 cm³/mol. The predicted octanol–water partition coefficient (Wildman–Crippen LogP) is 2.45. The van der Waals surface area contributed by atoms with Gasteiger partial charge in [0.1, 0.15) is 5.75 Å². The zero-order chi connectivity index (χ0) is 21.1. The number of benzene rings is 2. The van der Waals surface area contributed by atoms with E-state index in [-0.39, 0.29) is 17.9 Å². The van der Waals surface area contributed by atoms with E-state index in [4.69, 9.17) is 4.74 Å². The number of para-hydroxylation sites is 3. The van der Waals surface area contributed by atoms with Crippen molar-refractivity contribution in [1.82, 2.24) is 14.5 Å². The summed E-state index contributed by atoms with van der Waals surface area (Å²) in [6, 6.07) is 13.5. The van der Waals surface area contributed by atoms with Gasteiger partial charge in [0.25, 0.3) is 5.56 Å². The number of hydrogen-bond acceptors (Lipinski definition) is 5. The van der Waals surface area contributed by atoms with Gasteiger partial charge in [-0.1, -0.05) is 24.3 Å². The number of aromatic nitrogens is 2. The normalized spacial score (nSPS) is 14.2. The first kappa shape index (κ1) is 19.9. The molecule has 0 radical (unpaired) electrons. The number of piperazine rings is 1. The summed E-state index contributed by atoms with van der Waals surface area (Å²) in [5, 5.41) is 0.593. The Morgan fingerprint density at radius 2 is 1.83 bits per heavy atom. The summed E-state index contributed by atoms with van der Waals surface area (Å²) < 4.78 is 6.98. The van der Waals surface area contributed by atoms with Crippen molar-refractivity contribution in [3.63, 3.8) is 0 Å². The van der Waals surface area contributed by atoms with E-state index in [9.17, 15) is 9.59 Å². The number of fused-ring (bicyclic) bond motifs is 1. The molecule has 3 aromatic rings. The summed E-state index contributed by atoms with van der Waals surface area (Å²) in [6.07, 6.45) is 1.83. The van der Waals surface area contributed by atoms with Gasteiger partial charge in [-0.05, 0) is 30.7 Å². The maximum Gasteiger partial charge on any atom is 0.261 e. The second-order valence-corrected chi connectivity index (χ2v) is 7.50. The molecule has 1 aromatic heterocycles. The number of aryl methyl sites for hydroxylation is 2. The highest BCUT2D eigenvalue weighted by atomic mass is 16.5. The van der Waals surface area contributed by atoms with E-state index in [2.05, 4.69) is 9.88 Å². The third-order valence-electron chi connectivity index (χ3n) is 5.68. The van der Waals surface area contributed by atoms with Crippen LogP contribution in [0.5, 0.6) is 5.75 Å². The van der Waals surface area contributed by atoms with Crippen molar-refractivity contribution in [1.29, 1.82) is 0 Å². The SMILES string of the molecule is COc1ccccc1N1CCN(C(=O)CCn2cnc3c(C)cccc3c2=O)CC1. The minimum absolute atomic E-state index is 0.0610. The van der Waals surface area contributed by atoms with Gasteiger partial charge in [-0.15, -0.1) is 0 Å². The molecular weight excluding hydrogens is 380 g/mol. The van der Waals surface area contributed by atoms with Crippen LogP contribution in [0.2, 0.25) is 0 Å². The minimum Gasteiger partial charge on any atom is -0.495 e. The van der Waals surface area contributed by atoms with Crippen molar-refractivity contribution in [2.45, 2.75) is 19.9 Å². The largest absolute Gasteiger partial charge is 0.495 e. The molecule has 0 spiro atoms. The molecule has 0 bridgehead atoms. The first-order chi connectivity index (χ1) is 14.6. The summed E-state index contributed by atoms with van der Waals surface area (Å²) in [4.78, 5) is 33.9. The number of methoxy groups -OCH3 is 1. The standard InChI is InChI=1S/C23H26N4O3/c1-17-6-5-7-18-22(17)24-16-27(23(18)29)11-10-21(28)26-14-12-25(13-15-26)19-8-3-4-9-20(19)30-2/h3-9,16H,10-15H2,1-2H3. The van der Waals surface area contributed by atoms with E-state index in [1.54, 1.807) is 19.5 Å². The van der Waals surface area contributed by atoms with Crippen LogP contribution < -0.4 is 15.2 Å². The number of amides is 1. The van der Waals surface area contributed by atoms with Crippen molar-refractivity contribution < 1.29 is 9.53 Å². The zero-order valence-corrected chi connectivity index (χ0v) is 17.4. The van der Waals surface area contributed by atoms with Crippen LogP contribution in [0.25, 0.3) is 10.9 Å². The van der Waals surface area contributed by atoms with Gasteiger partial charge in [0, 0.05) is 39.1 Å². The molecule has 1 aliphatic heterocycles. The van der Waals surface area contributed by atoms with Crippen molar-refractivity contribution >= 4 is 22.5 Å². The van der Waals surface area contributed by atoms with E-state index in [1.165, 1.54) is 4.57 Å². The average Bonchev–Trinajstić information content (AvgIpc) is 2.79. The second kappa shape index (κ2) is 8.57. The number of anilines is 1. The van der Waals surface area contributed by atoms with Crippen LogP contribution in [0.3, 0.4) is 0 Å². The Balaban J connectivity index is 1.37. The molecule has 1 amide bonds. The van der Waals surface area contributed by atoms with Crippen LogP contribution in [-0.2, 0) is 11.3 Å². The third-order valence-corrected chi connectivity index (χ3v) is 5.68. The van der Waals surface area contributed by atoms with Crippen molar-refractivity contribution in [2.24, 2.45) is 0 Å². The van der Waals surface area contributed by atoms with E-state index in [1.807, 2.05) is 48.2 Å². The Bertz CT molecular complexity index is 1120. The lowest BCUT2D eigenvalue weighted by Gasteiger charge is -2.36. The molecule has 1 fully saturated rings. The lowest BCUT2D eigenvalue weighted by Crippen LogP contribution is -2.49. The molecule has 0 aliphatic carbocycles. The number of ether oxygens (including phenoxy) is 1. The van der Waals surface area contributed by atoms with Crippen molar-refractivity contribution in [3.8, 4) is 5.75 Å². The molecule has 1 aliphatic rings. The molecule has 2 aromatic carbocycles. The quantitative estimate of drug-likeness (QED) is 0.651. The zero-order valence-electron chi connectivity index (χ0n) is 17.4. The molecule has 0 unspecified atom stereocenters. The van der Waals surface area contributed by atoms with Crippen LogP contribution in [-0.4, -0.2) is 53.6 Å². The summed E-state index contributed by atoms with van der Waals surface area (Å²) in [7, 11) is 1.67. The fraction of sp³-hybridized carbons (Fsp3) is 0.348. The van der Waals surface area contributed by atoms with Gasteiger partial charge in [0.15, 0.2) is 0 Å². The number of nitrogens with zero attached hydrogens (tertiary/aromatic N) is 4. The first-order valence-electron chi connectivity index (χ1n) is 10.2. The first-order valence-corrected chi connectivity index (χ1v) is 10.2. The highest BCUT2D eigenvalue weighted by Gasteiger charge is 2.22. The van der Waals surface area contributed by atoms with Crippen LogP contribution in [0.4, 0.5) is 5.69 Å². The molecule has 1 saturated heterocycles. The fourth-order valence-electron chi connectivity index (χ4n) is 3.96. The monoisotopic (exact) mass is 406 g/mol. The van der Waals surface area contributed by atoms with Gasteiger partial charge >= 0.3 is 0 Å². The Labute approximate surface area is 175 Å². The van der Waals surface area contributed by atoms with Crippen molar-refractivity contribution in [3.05, 3.63) is 64.7 Å². The second-order valence-electron chi connectivity index (χ2n) is 7.50. The summed E-state index contributed by atoms with van der Waals surface area (Å²) in [6.45, 7) is 5.09. The Morgan fingerprint density at radius 3 is 2.60 bits per heavy atom. The molecule has 4 rings (SSSR count). The molecule has 7 heteroatoms. The van der Waals surface area contributed by atoms with E-state index >= 15 is 0 Å². The van der Waals surface area contributed by atoms with E-state index < -0.39 is 0 Å². The lowest BCUT2D eigenvalue weighted by atomic mass is 10.1. The van der Waals surface area contributed by atoms with Gasteiger partial charge in [-0.2, -0.15) is 0 Å². The van der Waals surface area contributed by atoms with Gasteiger partial charge in [0.2, 0.25) is 5.91 Å². The van der Waals surface area contributed by atoms with Gasteiger partial charge in [0.05, 0.1) is 30.0 Å². The fourth-order valence-corrected chi connectivity index (χ4v) is 3.96. The summed E-state index contributed by atoms with van der Waals surface area (Å²) in [5.74, 6) is 0.904. The van der Waals surface area contributed by atoms with Crippen LogP contribution in [0.15, 0.2) is 53.6 Å². The molecule has 2 heterocycles. The molecule has 0 N–H and O–H groups in total. The van der Waals surface area contributed by atoms with E-state index in [0.29, 0.717) is 25.0 Å². The van der Waals surface area contributed by atoms with E-state index in [0.717, 1.165) is 35.6 Å². The number of rotatable bonds is 5. The van der Waals surface area contributed by atoms with Gasteiger partial charge in [-0.3, -0.25) is 14.2 Å². The Morgan fingerprint density at radius 1 is 1.07 bits per heavy atom. The van der Waals surface area contributed by atoms with Gasteiger partial charge in [-0.25, -0.2) is 4.98 Å². The molecule has 0 saturated carbocycles. The van der Waals surface area contributed by atoms with Crippen LogP contribution >= 0.6 is 0 Å². The Hall–Kier alpha value is -3.35. The summed E-state index contributed by atoms with van der Waals surface area (Å²) >= 11 is 0. The Kier molecular flexibility index (Phi) is 5.70. The molecular formula is C23H26N4O3. The molecule has 156 valence electrons. The molecule has 30 heavy (non-hydrogen) atoms. The van der Waals surface area contributed by atoms with Crippen LogP contribution in [0.1, 0.15) is 12.0 Å². The topological polar surface area (TPSA) is 67.7 Å². The smallest absolute Gasteiger partial charge is 0.261 e. The van der Waals surface area contributed by atoms with Crippen LogP contribution in [0, 0.1) is 6.92 Å². The number of hydrogen-bond donors (Lipinski definition) is 0. The lowest BCUT2D eigenvalue weighted by molar-refractivity contribution is -0.131.